The molecule has 0 heterocycles. The molecule has 0 bridgehead atoms. The van der Waals surface area contributed by atoms with Gasteiger partial charge in [-0.25, -0.2) is 0 Å². The van der Waals surface area contributed by atoms with Crippen molar-refractivity contribution in [3.63, 3.8) is 0 Å². The smallest absolute Gasteiger partial charge is 0.0874 e. The molecule has 0 fully saturated rings. The third-order valence-electron chi connectivity index (χ3n) is 1.90. The van der Waals surface area contributed by atoms with Crippen molar-refractivity contribution in [3.05, 3.63) is 0 Å². The lowest BCUT2D eigenvalue weighted by molar-refractivity contribution is 0.286. The Hall–Kier alpha value is -1.10. The summed E-state index contributed by atoms with van der Waals surface area (Å²) in [6.07, 6.45) is 0. The number of hydrogen-bond donors (Lipinski definition) is 1. The predicted octanol–water partition coefficient (Wildman–Crippen LogP) is 0.581. The summed E-state index contributed by atoms with van der Waals surface area (Å²) >= 11 is 0. The van der Waals surface area contributed by atoms with Gasteiger partial charge in [0.2, 0.25) is 0 Å². The first kappa shape index (κ1) is 12.9. The van der Waals surface area contributed by atoms with Gasteiger partial charge in [0.1, 0.15) is 0 Å². The van der Waals surface area contributed by atoms with E-state index >= 15 is 0 Å². The van der Waals surface area contributed by atoms with Crippen LogP contribution in [0.3, 0.4) is 0 Å². The summed E-state index contributed by atoms with van der Waals surface area (Å²) in [4.78, 5) is 1.86. The van der Waals surface area contributed by atoms with Crippen molar-refractivity contribution >= 4 is 0 Å². The molecule has 1 N–H and O–H groups in total. The molecule has 0 aromatic carbocycles. The fourth-order valence-electron chi connectivity index (χ4n) is 1.28. The van der Waals surface area contributed by atoms with E-state index < -0.39 is 0 Å². The molecule has 0 saturated carbocycles. The Morgan fingerprint density at radius 3 is 2.29 bits per heavy atom. The highest BCUT2D eigenvalue weighted by atomic mass is 15.1. The number of hydrogen-bond acceptors (Lipinski definition) is 4. The van der Waals surface area contributed by atoms with E-state index in [4.69, 9.17) is 10.5 Å². The van der Waals surface area contributed by atoms with E-state index in [0.29, 0.717) is 19.0 Å². The van der Waals surface area contributed by atoms with Crippen LogP contribution in [0.4, 0.5) is 0 Å². The number of nitriles is 2. The molecule has 78 valence electrons. The SMILES string of the molecule is CCNCC(C)CN(CC#N)CC#N. The quantitative estimate of drug-likeness (QED) is 0.602. The maximum atomic E-state index is 8.54. The van der Waals surface area contributed by atoms with Crippen molar-refractivity contribution < 1.29 is 0 Å². The number of rotatable bonds is 7. The topological polar surface area (TPSA) is 62.9 Å². The summed E-state index contributed by atoms with van der Waals surface area (Å²) in [6, 6.07) is 4.14. The van der Waals surface area contributed by atoms with E-state index in [2.05, 4.69) is 31.3 Å². The van der Waals surface area contributed by atoms with Gasteiger partial charge in [0, 0.05) is 6.54 Å². The van der Waals surface area contributed by atoms with Crippen molar-refractivity contribution in [2.75, 3.05) is 32.7 Å². The van der Waals surface area contributed by atoms with Crippen LogP contribution in [-0.2, 0) is 0 Å². The Labute approximate surface area is 86.1 Å². The highest BCUT2D eigenvalue weighted by Gasteiger charge is 2.08. The summed E-state index contributed by atoms with van der Waals surface area (Å²) < 4.78 is 0. The normalized spacial score (nSPS) is 12.1. The highest BCUT2D eigenvalue weighted by molar-refractivity contribution is 4.84. The molecular weight excluding hydrogens is 176 g/mol. The molecule has 0 radical (unpaired) electrons. The molecule has 0 spiro atoms. The largest absolute Gasteiger partial charge is 0.317 e. The lowest BCUT2D eigenvalue weighted by Crippen LogP contribution is -2.34. The number of nitrogens with zero attached hydrogens (tertiary/aromatic N) is 3. The monoisotopic (exact) mass is 194 g/mol. The predicted molar refractivity (Wildman–Crippen MR) is 55.4 cm³/mol. The first-order valence-electron chi connectivity index (χ1n) is 4.91. The standard InChI is InChI=1S/C10H18N4/c1-3-13-8-10(2)9-14(6-4-11)7-5-12/h10,13H,3,6-9H2,1-2H3. The molecule has 0 rings (SSSR count). The van der Waals surface area contributed by atoms with E-state index in [1.165, 1.54) is 0 Å². The zero-order valence-electron chi connectivity index (χ0n) is 8.95. The molecule has 0 aromatic heterocycles. The van der Waals surface area contributed by atoms with Gasteiger partial charge in [-0.05, 0) is 19.0 Å². The molecule has 1 atom stereocenters. The van der Waals surface area contributed by atoms with E-state index in [1.807, 2.05) is 4.90 Å². The van der Waals surface area contributed by atoms with Crippen LogP contribution in [0.1, 0.15) is 13.8 Å². The van der Waals surface area contributed by atoms with Gasteiger partial charge in [-0.15, -0.1) is 0 Å². The fraction of sp³-hybridized carbons (Fsp3) is 0.800. The average molecular weight is 194 g/mol. The zero-order chi connectivity index (χ0) is 10.8. The summed E-state index contributed by atoms with van der Waals surface area (Å²) in [6.45, 7) is 7.55. The Balaban J connectivity index is 3.79. The van der Waals surface area contributed by atoms with E-state index in [1.54, 1.807) is 0 Å². The van der Waals surface area contributed by atoms with Crippen LogP contribution < -0.4 is 5.32 Å². The Morgan fingerprint density at radius 1 is 1.29 bits per heavy atom. The lowest BCUT2D eigenvalue weighted by atomic mass is 10.1. The second-order valence-electron chi connectivity index (χ2n) is 3.40. The fourth-order valence-corrected chi connectivity index (χ4v) is 1.28. The molecule has 4 heteroatoms. The van der Waals surface area contributed by atoms with Gasteiger partial charge in [0.05, 0.1) is 25.2 Å². The second-order valence-corrected chi connectivity index (χ2v) is 3.40. The molecule has 0 saturated heterocycles. The molecule has 0 amide bonds. The molecule has 0 aliphatic heterocycles. The van der Waals surface area contributed by atoms with Crippen LogP contribution >= 0.6 is 0 Å². The summed E-state index contributed by atoms with van der Waals surface area (Å²) in [5.74, 6) is 0.469. The van der Waals surface area contributed by atoms with Gasteiger partial charge in [0.25, 0.3) is 0 Å². The maximum absolute atomic E-state index is 8.54. The third-order valence-corrected chi connectivity index (χ3v) is 1.90. The van der Waals surface area contributed by atoms with Crippen molar-refractivity contribution in [1.29, 1.82) is 10.5 Å². The Kier molecular flexibility index (Phi) is 7.83. The molecule has 0 aliphatic carbocycles. The van der Waals surface area contributed by atoms with Crippen LogP contribution in [0.25, 0.3) is 0 Å². The van der Waals surface area contributed by atoms with Crippen LogP contribution in [0, 0.1) is 28.6 Å². The molecule has 1 unspecified atom stereocenters. The maximum Gasteiger partial charge on any atom is 0.0874 e. The molecule has 4 nitrogen and oxygen atoms in total. The minimum atomic E-state index is 0.337. The molecule has 14 heavy (non-hydrogen) atoms. The summed E-state index contributed by atoms with van der Waals surface area (Å²) in [5.41, 5.74) is 0. The van der Waals surface area contributed by atoms with Crippen molar-refractivity contribution in [1.82, 2.24) is 10.2 Å². The second kappa shape index (κ2) is 8.50. The first-order chi connectivity index (χ1) is 6.74. The Morgan fingerprint density at radius 2 is 1.86 bits per heavy atom. The molecule has 0 aromatic rings. The van der Waals surface area contributed by atoms with Crippen LogP contribution in [0.5, 0.6) is 0 Å². The van der Waals surface area contributed by atoms with Crippen LogP contribution in [0.2, 0.25) is 0 Å². The van der Waals surface area contributed by atoms with E-state index in [9.17, 15) is 0 Å². The van der Waals surface area contributed by atoms with Crippen LogP contribution in [0.15, 0.2) is 0 Å². The van der Waals surface area contributed by atoms with Gasteiger partial charge in [-0.1, -0.05) is 13.8 Å². The summed E-state index contributed by atoms with van der Waals surface area (Å²) in [5, 5.41) is 20.3. The molecule has 0 aliphatic rings. The minimum absolute atomic E-state index is 0.337. The van der Waals surface area contributed by atoms with Gasteiger partial charge < -0.3 is 5.32 Å². The van der Waals surface area contributed by atoms with Gasteiger partial charge >= 0.3 is 0 Å². The Bertz CT molecular complexity index is 197. The minimum Gasteiger partial charge on any atom is -0.317 e. The van der Waals surface area contributed by atoms with Crippen molar-refractivity contribution in [3.8, 4) is 12.1 Å². The lowest BCUT2D eigenvalue weighted by Gasteiger charge is -2.20. The van der Waals surface area contributed by atoms with Gasteiger partial charge in [-0.3, -0.25) is 4.90 Å². The zero-order valence-corrected chi connectivity index (χ0v) is 8.95. The number of nitrogens with one attached hydrogen (secondary N) is 1. The van der Waals surface area contributed by atoms with Gasteiger partial charge in [0.15, 0.2) is 0 Å². The first-order valence-corrected chi connectivity index (χ1v) is 4.91. The van der Waals surface area contributed by atoms with E-state index in [-0.39, 0.29) is 0 Å². The van der Waals surface area contributed by atoms with E-state index in [0.717, 1.165) is 19.6 Å². The van der Waals surface area contributed by atoms with Crippen LogP contribution in [-0.4, -0.2) is 37.6 Å². The third kappa shape index (κ3) is 6.42. The molecular formula is C10H18N4. The van der Waals surface area contributed by atoms with Crippen molar-refractivity contribution in [2.24, 2.45) is 5.92 Å². The van der Waals surface area contributed by atoms with Gasteiger partial charge in [-0.2, -0.15) is 10.5 Å². The van der Waals surface area contributed by atoms with Crippen molar-refractivity contribution in [2.45, 2.75) is 13.8 Å². The summed E-state index contributed by atoms with van der Waals surface area (Å²) in [7, 11) is 0. The highest BCUT2D eigenvalue weighted by Crippen LogP contribution is 1.97. The average Bonchev–Trinajstić information content (AvgIpc) is 2.15.